The lowest BCUT2D eigenvalue weighted by atomic mass is 9.91. The summed E-state index contributed by atoms with van der Waals surface area (Å²) in [7, 11) is 0. The summed E-state index contributed by atoms with van der Waals surface area (Å²) in [6, 6.07) is 2.55. The lowest BCUT2D eigenvalue weighted by molar-refractivity contribution is -0.130. The summed E-state index contributed by atoms with van der Waals surface area (Å²) in [5, 5.41) is 8.43. The van der Waals surface area contributed by atoms with Gasteiger partial charge >= 0.3 is 0 Å². The molecule has 5 nitrogen and oxygen atoms in total. The highest BCUT2D eigenvalue weighted by Gasteiger charge is 2.58. The third-order valence-electron chi connectivity index (χ3n) is 6.49. The maximum atomic E-state index is 12.3. The van der Waals surface area contributed by atoms with E-state index in [9.17, 15) is 4.79 Å². The molecular formula is C21H29N3O2S. The Morgan fingerprint density at radius 3 is 2.85 bits per heavy atom. The molecule has 1 aliphatic carbocycles. The molecule has 0 bridgehead atoms. The van der Waals surface area contributed by atoms with Crippen LogP contribution in [0.4, 0.5) is 0 Å². The second-order valence-electron chi connectivity index (χ2n) is 8.15. The lowest BCUT2D eigenvalue weighted by Crippen LogP contribution is -2.39. The first-order chi connectivity index (χ1) is 13.0. The fourth-order valence-electron chi connectivity index (χ4n) is 4.62. The van der Waals surface area contributed by atoms with Gasteiger partial charge in [0.05, 0.1) is 5.69 Å². The van der Waals surface area contributed by atoms with Crippen LogP contribution in [-0.2, 0) is 24.3 Å². The third-order valence-corrected chi connectivity index (χ3v) is 7.23. The van der Waals surface area contributed by atoms with Gasteiger partial charge in [-0.2, -0.15) is 11.3 Å². The van der Waals surface area contributed by atoms with Crippen LogP contribution in [0.5, 0.6) is 0 Å². The Morgan fingerprint density at radius 1 is 1.44 bits per heavy atom. The fourth-order valence-corrected chi connectivity index (χ4v) is 5.28. The zero-order valence-corrected chi connectivity index (χ0v) is 17.3. The van der Waals surface area contributed by atoms with Crippen molar-refractivity contribution < 1.29 is 9.32 Å². The van der Waals surface area contributed by atoms with Crippen LogP contribution < -0.4 is 0 Å². The molecule has 1 amide bonds. The van der Waals surface area contributed by atoms with Gasteiger partial charge in [-0.05, 0) is 73.5 Å². The smallest absolute Gasteiger partial charge is 0.220 e. The SMILES string of the molecule is CCc1noc(C)c1CN1CCC2(CC1)C[C@@H]2N(Cc1ccsc1)C(C)=O. The predicted octanol–water partition coefficient (Wildman–Crippen LogP) is 4.01. The minimum absolute atomic E-state index is 0.207. The third kappa shape index (κ3) is 3.69. The van der Waals surface area contributed by atoms with Gasteiger partial charge in [0.25, 0.3) is 0 Å². The summed E-state index contributed by atoms with van der Waals surface area (Å²) in [5.74, 6) is 1.16. The number of piperidine rings is 1. The van der Waals surface area contributed by atoms with E-state index in [0.29, 0.717) is 11.5 Å². The lowest BCUT2D eigenvalue weighted by Gasteiger charge is -2.34. The van der Waals surface area contributed by atoms with Crippen LogP contribution >= 0.6 is 11.3 Å². The van der Waals surface area contributed by atoms with Crippen molar-refractivity contribution in [2.24, 2.45) is 5.41 Å². The van der Waals surface area contributed by atoms with Gasteiger partial charge in [-0.15, -0.1) is 0 Å². The highest BCUT2D eigenvalue weighted by atomic mass is 32.1. The molecule has 2 aromatic heterocycles. The van der Waals surface area contributed by atoms with E-state index in [0.717, 1.165) is 50.5 Å². The van der Waals surface area contributed by atoms with E-state index in [-0.39, 0.29) is 5.91 Å². The Hall–Kier alpha value is -1.66. The molecule has 6 heteroatoms. The number of rotatable bonds is 6. The van der Waals surface area contributed by atoms with Gasteiger partial charge in [0.1, 0.15) is 5.76 Å². The van der Waals surface area contributed by atoms with Crippen molar-refractivity contribution in [2.75, 3.05) is 13.1 Å². The van der Waals surface area contributed by atoms with Crippen LogP contribution in [0.15, 0.2) is 21.3 Å². The Labute approximate surface area is 165 Å². The number of carbonyl (C=O) groups excluding carboxylic acids is 1. The minimum Gasteiger partial charge on any atom is -0.361 e. The first-order valence-corrected chi connectivity index (χ1v) is 10.9. The van der Waals surface area contributed by atoms with Crippen molar-refractivity contribution in [3.8, 4) is 0 Å². The molecule has 1 spiro atoms. The van der Waals surface area contributed by atoms with Gasteiger partial charge in [0.15, 0.2) is 0 Å². The van der Waals surface area contributed by atoms with Crippen molar-refractivity contribution >= 4 is 17.2 Å². The van der Waals surface area contributed by atoms with Crippen molar-refractivity contribution in [2.45, 2.75) is 65.6 Å². The van der Waals surface area contributed by atoms with Crippen molar-refractivity contribution in [3.63, 3.8) is 0 Å². The van der Waals surface area contributed by atoms with E-state index in [1.54, 1.807) is 18.3 Å². The fraction of sp³-hybridized carbons (Fsp3) is 0.619. The first kappa shape index (κ1) is 18.7. The second kappa shape index (κ2) is 7.40. The van der Waals surface area contributed by atoms with Crippen molar-refractivity contribution in [3.05, 3.63) is 39.4 Å². The van der Waals surface area contributed by atoms with E-state index in [1.807, 2.05) is 6.92 Å². The number of carbonyl (C=O) groups is 1. The quantitative estimate of drug-likeness (QED) is 0.751. The average molecular weight is 388 g/mol. The molecule has 0 radical (unpaired) electrons. The zero-order valence-electron chi connectivity index (χ0n) is 16.5. The van der Waals surface area contributed by atoms with E-state index >= 15 is 0 Å². The summed E-state index contributed by atoms with van der Waals surface area (Å²) >= 11 is 1.70. The molecule has 1 atom stereocenters. The number of aromatic nitrogens is 1. The maximum absolute atomic E-state index is 12.3. The molecule has 1 saturated carbocycles. The molecule has 146 valence electrons. The molecule has 4 rings (SSSR count). The summed E-state index contributed by atoms with van der Waals surface area (Å²) in [5.41, 5.74) is 3.96. The highest BCUT2D eigenvalue weighted by Crippen LogP contribution is 2.57. The van der Waals surface area contributed by atoms with Gasteiger partial charge in [0.2, 0.25) is 5.91 Å². The molecule has 2 aliphatic rings. The number of hydrogen-bond acceptors (Lipinski definition) is 5. The van der Waals surface area contributed by atoms with E-state index < -0.39 is 0 Å². The van der Waals surface area contributed by atoms with Gasteiger partial charge in [-0.25, -0.2) is 0 Å². The van der Waals surface area contributed by atoms with E-state index in [4.69, 9.17) is 4.52 Å². The molecular weight excluding hydrogens is 358 g/mol. The largest absolute Gasteiger partial charge is 0.361 e. The molecule has 3 heterocycles. The normalized spacial score (nSPS) is 21.5. The number of hydrogen-bond donors (Lipinski definition) is 0. The summed E-state index contributed by atoms with van der Waals surface area (Å²) < 4.78 is 5.39. The average Bonchev–Trinajstić information content (AvgIpc) is 2.99. The van der Waals surface area contributed by atoms with E-state index in [1.165, 1.54) is 24.0 Å². The van der Waals surface area contributed by atoms with E-state index in [2.05, 4.69) is 38.7 Å². The topological polar surface area (TPSA) is 49.6 Å². The zero-order chi connectivity index (χ0) is 19.0. The van der Waals surface area contributed by atoms with Gasteiger partial charge < -0.3 is 9.42 Å². The molecule has 0 N–H and O–H groups in total. The number of nitrogens with zero attached hydrogens (tertiary/aromatic N) is 3. The van der Waals surface area contributed by atoms with Crippen LogP contribution in [0, 0.1) is 12.3 Å². The number of likely N-dealkylation sites (tertiary alicyclic amines) is 1. The summed E-state index contributed by atoms with van der Waals surface area (Å²) in [6.45, 7) is 9.74. The molecule has 27 heavy (non-hydrogen) atoms. The van der Waals surface area contributed by atoms with Crippen LogP contribution in [0.25, 0.3) is 0 Å². The Balaban J connectivity index is 1.36. The molecule has 1 saturated heterocycles. The first-order valence-electron chi connectivity index (χ1n) is 9.97. The molecule has 0 unspecified atom stereocenters. The molecule has 1 aliphatic heterocycles. The summed E-state index contributed by atoms with van der Waals surface area (Å²) in [4.78, 5) is 16.9. The number of thiophene rings is 1. The van der Waals surface area contributed by atoms with Crippen LogP contribution in [0.2, 0.25) is 0 Å². The van der Waals surface area contributed by atoms with Crippen LogP contribution in [0.1, 0.15) is 55.7 Å². The number of amides is 1. The van der Waals surface area contributed by atoms with Crippen molar-refractivity contribution in [1.29, 1.82) is 0 Å². The van der Waals surface area contributed by atoms with Gasteiger partial charge in [-0.1, -0.05) is 12.1 Å². The number of aryl methyl sites for hydroxylation is 2. The van der Waals surface area contributed by atoms with Gasteiger partial charge in [-0.3, -0.25) is 9.69 Å². The monoisotopic (exact) mass is 387 g/mol. The maximum Gasteiger partial charge on any atom is 0.220 e. The van der Waals surface area contributed by atoms with Crippen LogP contribution in [0.3, 0.4) is 0 Å². The second-order valence-corrected chi connectivity index (χ2v) is 8.93. The predicted molar refractivity (Wildman–Crippen MR) is 107 cm³/mol. The highest BCUT2D eigenvalue weighted by molar-refractivity contribution is 7.07. The minimum atomic E-state index is 0.207. The summed E-state index contributed by atoms with van der Waals surface area (Å²) in [6.07, 6.45) is 4.44. The van der Waals surface area contributed by atoms with Crippen molar-refractivity contribution in [1.82, 2.24) is 15.0 Å². The molecule has 2 aromatic rings. The van der Waals surface area contributed by atoms with Crippen LogP contribution in [-0.4, -0.2) is 40.0 Å². The Bertz CT molecular complexity index is 790. The molecule has 2 fully saturated rings. The van der Waals surface area contributed by atoms with Gasteiger partial charge in [0, 0.05) is 31.6 Å². The Kier molecular flexibility index (Phi) is 5.12. The Morgan fingerprint density at radius 2 is 2.22 bits per heavy atom. The molecule has 0 aromatic carbocycles. The standard InChI is InChI=1S/C21H29N3O2S/c1-4-19-18(15(2)26-22-19)13-23-8-6-21(7-9-23)11-20(21)24(16(3)25)12-17-5-10-27-14-17/h5,10,14,20H,4,6-9,11-13H2,1-3H3/t20-/m0/s1.